The topological polar surface area (TPSA) is 89.3 Å². The van der Waals surface area contributed by atoms with Crippen LogP contribution in [0.5, 0.6) is 0 Å². The number of hydrogen-bond donors (Lipinski definition) is 2. The molecule has 0 spiro atoms. The number of hydrogen-bond acceptors (Lipinski definition) is 3. The number of nitrogens with one attached hydrogen (secondary N) is 1. The fourth-order valence-corrected chi connectivity index (χ4v) is 1.17. The molecular formula is C10H18N2O3. The second-order valence-corrected chi connectivity index (χ2v) is 3.91. The molecule has 15 heavy (non-hydrogen) atoms. The molecule has 0 saturated heterocycles. The minimum Gasteiger partial charge on any atom is -0.370 e. The highest BCUT2D eigenvalue weighted by atomic mass is 16.2. The fourth-order valence-electron chi connectivity index (χ4n) is 1.17. The molecule has 0 rings (SSSR count). The number of carbonyl (C=O) groups is 3. The molecule has 0 heterocycles. The molecule has 0 aromatic rings. The van der Waals surface area contributed by atoms with Gasteiger partial charge in [0.25, 0.3) is 0 Å². The second kappa shape index (κ2) is 6.98. The van der Waals surface area contributed by atoms with Gasteiger partial charge in [-0.3, -0.25) is 9.59 Å². The van der Waals surface area contributed by atoms with Gasteiger partial charge in [-0.2, -0.15) is 0 Å². The van der Waals surface area contributed by atoms with Gasteiger partial charge in [-0.25, -0.2) is 0 Å². The van der Waals surface area contributed by atoms with Crippen LogP contribution in [0.25, 0.3) is 0 Å². The number of primary amides is 1. The molecule has 0 bridgehead atoms. The van der Waals surface area contributed by atoms with Crippen molar-refractivity contribution in [1.82, 2.24) is 5.32 Å². The van der Waals surface area contributed by atoms with Gasteiger partial charge in [0.2, 0.25) is 11.8 Å². The molecule has 86 valence electrons. The van der Waals surface area contributed by atoms with Crippen LogP contribution in [0.2, 0.25) is 0 Å². The molecule has 0 unspecified atom stereocenters. The van der Waals surface area contributed by atoms with Gasteiger partial charge >= 0.3 is 0 Å². The maximum atomic E-state index is 11.2. The minimum atomic E-state index is -0.517. The molecule has 0 aliphatic carbocycles. The monoisotopic (exact) mass is 214 g/mol. The van der Waals surface area contributed by atoms with Crippen molar-refractivity contribution >= 4 is 18.1 Å². The van der Waals surface area contributed by atoms with E-state index in [9.17, 15) is 14.4 Å². The van der Waals surface area contributed by atoms with Crippen molar-refractivity contribution in [3.05, 3.63) is 0 Å². The summed E-state index contributed by atoms with van der Waals surface area (Å²) in [5.41, 5.74) is 4.90. The average molecular weight is 214 g/mol. The van der Waals surface area contributed by atoms with Crippen molar-refractivity contribution in [2.24, 2.45) is 11.7 Å². The maximum absolute atomic E-state index is 11.2. The summed E-state index contributed by atoms with van der Waals surface area (Å²) in [6, 6.07) is -0.467. The first-order valence-corrected chi connectivity index (χ1v) is 4.98. The molecule has 0 saturated carbocycles. The smallest absolute Gasteiger partial charge is 0.221 e. The van der Waals surface area contributed by atoms with E-state index in [0.717, 1.165) is 0 Å². The molecule has 5 nitrogen and oxygen atoms in total. The van der Waals surface area contributed by atoms with E-state index in [4.69, 9.17) is 5.73 Å². The summed E-state index contributed by atoms with van der Waals surface area (Å²) in [5.74, 6) is -0.500. The van der Waals surface area contributed by atoms with Gasteiger partial charge in [0, 0.05) is 12.8 Å². The van der Waals surface area contributed by atoms with Crippen LogP contribution in [-0.4, -0.2) is 24.1 Å². The van der Waals surface area contributed by atoms with Crippen molar-refractivity contribution in [3.8, 4) is 0 Å². The third-order valence-corrected chi connectivity index (χ3v) is 1.83. The summed E-state index contributed by atoms with van der Waals surface area (Å²) in [5, 5.41) is 2.54. The molecule has 0 aliphatic heterocycles. The first-order chi connectivity index (χ1) is 6.95. The maximum Gasteiger partial charge on any atom is 0.221 e. The zero-order valence-corrected chi connectivity index (χ0v) is 9.16. The lowest BCUT2D eigenvalue weighted by atomic mass is 10.0. The molecule has 0 aliphatic rings. The lowest BCUT2D eigenvalue weighted by molar-refractivity contribution is -0.126. The van der Waals surface area contributed by atoms with Gasteiger partial charge in [0.05, 0.1) is 6.04 Å². The van der Waals surface area contributed by atoms with Crippen LogP contribution in [0, 0.1) is 5.92 Å². The van der Waals surface area contributed by atoms with E-state index in [1.54, 1.807) is 0 Å². The zero-order valence-electron chi connectivity index (χ0n) is 9.16. The van der Waals surface area contributed by atoms with Crippen LogP contribution < -0.4 is 11.1 Å². The van der Waals surface area contributed by atoms with E-state index < -0.39 is 11.9 Å². The second-order valence-electron chi connectivity index (χ2n) is 3.91. The predicted molar refractivity (Wildman–Crippen MR) is 55.9 cm³/mol. The molecule has 5 heteroatoms. The Morgan fingerprint density at radius 2 is 1.93 bits per heavy atom. The summed E-state index contributed by atoms with van der Waals surface area (Å²) >= 11 is 0. The summed E-state index contributed by atoms with van der Waals surface area (Å²) in [4.78, 5) is 32.2. The predicted octanol–water partition coefficient (Wildman–Crippen LogP) is -0.0183. The fraction of sp³-hybridized carbons (Fsp3) is 0.700. The highest BCUT2D eigenvalue weighted by Crippen LogP contribution is 2.03. The van der Waals surface area contributed by atoms with Crippen molar-refractivity contribution in [1.29, 1.82) is 0 Å². The lowest BCUT2D eigenvalue weighted by Gasteiger charge is -2.14. The Labute approximate surface area is 89.4 Å². The molecule has 0 aromatic carbocycles. The van der Waals surface area contributed by atoms with Crippen LogP contribution in [0.15, 0.2) is 0 Å². The summed E-state index contributed by atoms with van der Waals surface area (Å²) < 4.78 is 0. The van der Waals surface area contributed by atoms with Crippen LogP contribution in [0.4, 0.5) is 0 Å². The molecule has 1 atom stereocenters. The Bertz CT molecular complexity index is 239. The van der Waals surface area contributed by atoms with Gasteiger partial charge in [-0.05, 0) is 12.3 Å². The number of nitrogens with two attached hydrogens (primary N) is 1. The van der Waals surface area contributed by atoms with Crippen LogP contribution in [-0.2, 0) is 14.4 Å². The highest BCUT2D eigenvalue weighted by Gasteiger charge is 2.13. The molecule has 0 radical (unpaired) electrons. The van der Waals surface area contributed by atoms with E-state index in [1.165, 1.54) is 0 Å². The highest BCUT2D eigenvalue weighted by molar-refractivity contribution is 5.84. The van der Waals surface area contributed by atoms with E-state index in [2.05, 4.69) is 5.32 Å². The largest absolute Gasteiger partial charge is 0.370 e. The number of carbonyl (C=O) groups excluding carboxylic acids is 3. The van der Waals surface area contributed by atoms with Crippen LogP contribution >= 0.6 is 0 Å². The zero-order chi connectivity index (χ0) is 11.8. The first kappa shape index (κ1) is 13.6. The Balaban J connectivity index is 3.90. The Morgan fingerprint density at radius 3 is 2.33 bits per heavy atom. The van der Waals surface area contributed by atoms with E-state index >= 15 is 0 Å². The normalized spacial score (nSPS) is 12.2. The van der Waals surface area contributed by atoms with Crippen LogP contribution in [0.3, 0.4) is 0 Å². The number of aldehydes is 1. The summed E-state index contributed by atoms with van der Waals surface area (Å²) in [7, 11) is 0. The SMILES string of the molecule is CC(C)C[C@@H](C=O)NC(=O)CCC(N)=O. The Hall–Kier alpha value is -1.39. The van der Waals surface area contributed by atoms with Gasteiger partial charge in [-0.1, -0.05) is 13.8 Å². The van der Waals surface area contributed by atoms with Gasteiger partial charge in [0.1, 0.15) is 6.29 Å². The van der Waals surface area contributed by atoms with Crippen molar-refractivity contribution in [3.63, 3.8) is 0 Å². The minimum absolute atomic E-state index is 0.0130. The molecule has 2 amide bonds. The third kappa shape index (κ3) is 7.66. The van der Waals surface area contributed by atoms with E-state index in [1.807, 2.05) is 13.8 Å². The van der Waals surface area contributed by atoms with Gasteiger partial charge < -0.3 is 15.8 Å². The molecule has 3 N–H and O–H groups in total. The molecular weight excluding hydrogens is 196 g/mol. The standard InChI is InChI=1S/C10H18N2O3/c1-7(2)5-8(6-13)12-10(15)4-3-9(11)14/h6-8H,3-5H2,1-2H3,(H2,11,14)(H,12,15)/t8-/m0/s1. The van der Waals surface area contributed by atoms with Crippen molar-refractivity contribution in [2.45, 2.75) is 39.2 Å². The van der Waals surface area contributed by atoms with Crippen molar-refractivity contribution in [2.75, 3.05) is 0 Å². The first-order valence-electron chi connectivity index (χ1n) is 4.98. The lowest BCUT2D eigenvalue weighted by Crippen LogP contribution is -2.37. The third-order valence-electron chi connectivity index (χ3n) is 1.83. The number of rotatable bonds is 7. The number of amides is 2. The van der Waals surface area contributed by atoms with Crippen molar-refractivity contribution < 1.29 is 14.4 Å². The summed E-state index contributed by atoms with van der Waals surface area (Å²) in [6.45, 7) is 3.93. The van der Waals surface area contributed by atoms with E-state index in [0.29, 0.717) is 18.6 Å². The Morgan fingerprint density at radius 1 is 1.33 bits per heavy atom. The van der Waals surface area contributed by atoms with Gasteiger partial charge in [0.15, 0.2) is 0 Å². The van der Waals surface area contributed by atoms with Crippen LogP contribution in [0.1, 0.15) is 33.1 Å². The summed E-state index contributed by atoms with van der Waals surface area (Å²) in [6.07, 6.45) is 1.37. The van der Waals surface area contributed by atoms with Gasteiger partial charge in [-0.15, -0.1) is 0 Å². The molecule has 0 aromatic heterocycles. The Kier molecular flexibility index (Phi) is 6.33. The quantitative estimate of drug-likeness (QED) is 0.584. The molecule has 0 fully saturated rings. The van der Waals surface area contributed by atoms with E-state index in [-0.39, 0.29) is 18.7 Å². The average Bonchev–Trinajstić information content (AvgIpc) is 2.13.